The third kappa shape index (κ3) is 2.57. The second-order valence-electron chi connectivity index (χ2n) is 2.17. The fraction of sp³-hybridized carbons (Fsp3) is 0.222. The summed E-state index contributed by atoms with van der Waals surface area (Å²) in [5.41, 5.74) is 1.50. The van der Waals surface area contributed by atoms with E-state index >= 15 is 0 Å². The third-order valence-electron chi connectivity index (χ3n) is 1.30. The molecule has 0 amide bonds. The summed E-state index contributed by atoms with van der Waals surface area (Å²) in [4.78, 5) is 4.01. The van der Waals surface area contributed by atoms with E-state index in [4.69, 9.17) is 5.11 Å². The maximum Gasteiger partial charge on any atom is 0.113 e. The molecule has 0 fully saturated rings. The highest BCUT2D eigenvalue weighted by Gasteiger charge is 1.91. The summed E-state index contributed by atoms with van der Waals surface area (Å²) in [6.45, 7) is 0.0259. The van der Waals surface area contributed by atoms with Crippen molar-refractivity contribution >= 4 is 12.6 Å². The van der Waals surface area contributed by atoms with Gasteiger partial charge in [0, 0.05) is 6.20 Å². The molecular formula is C9H9NOS. The minimum Gasteiger partial charge on any atom is -0.392 e. The van der Waals surface area contributed by atoms with Crippen molar-refractivity contribution in [3.63, 3.8) is 0 Å². The van der Waals surface area contributed by atoms with Gasteiger partial charge >= 0.3 is 0 Å². The molecule has 0 bridgehead atoms. The lowest BCUT2D eigenvalue weighted by molar-refractivity contribution is 0.281. The van der Waals surface area contributed by atoms with Crippen molar-refractivity contribution in [2.24, 2.45) is 0 Å². The molecule has 1 aromatic heterocycles. The van der Waals surface area contributed by atoms with Crippen molar-refractivity contribution in [1.82, 2.24) is 4.98 Å². The number of rotatable bonds is 1. The van der Waals surface area contributed by atoms with Crippen molar-refractivity contribution in [2.45, 2.75) is 6.61 Å². The molecule has 3 heteroatoms. The van der Waals surface area contributed by atoms with E-state index in [0.29, 0.717) is 11.4 Å². The van der Waals surface area contributed by atoms with E-state index in [-0.39, 0.29) is 6.61 Å². The number of hydrogen-bond donors (Lipinski definition) is 2. The number of hydrogen-bond acceptors (Lipinski definition) is 3. The lowest BCUT2D eigenvalue weighted by Crippen LogP contribution is -1.87. The average molecular weight is 179 g/mol. The topological polar surface area (TPSA) is 33.1 Å². The highest BCUT2D eigenvalue weighted by atomic mass is 32.1. The van der Waals surface area contributed by atoms with Crippen molar-refractivity contribution in [1.29, 1.82) is 0 Å². The van der Waals surface area contributed by atoms with Gasteiger partial charge in [0.05, 0.1) is 12.4 Å². The molecule has 1 aromatic rings. The molecule has 0 unspecified atom stereocenters. The van der Waals surface area contributed by atoms with Crippen LogP contribution in [-0.4, -0.2) is 15.8 Å². The van der Waals surface area contributed by atoms with Crippen LogP contribution in [-0.2, 0) is 6.61 Å². The Morgan fingerprint density at radius 1 is 1.58 bits per heavy atom. The predicted octanol–water partition coefficient (Wildman–Crippen LogP) is 0.855. The fourth-order valence-electron chi connectivity index (χ4n) is 0.771. The zero-order chi connectivity index (χ0) is 8.81. The summed E-state index contributed by atoms with van der Waals surface area (Å²) >= 11 is 3.95. The van der Waals surface area contributed by atoms with Crippen LogP contribution in [0.2, 0.25) is 0 Å². The Morgan fingerprint density at radius 3 is 3.08 bits per heavy atom. The Balaban J connectivity index is 2.86. The van der Waals surface area contributed by atoms with Crippen LogP contribution >= 0.6 is 12.6 Å². The molecule has 0 spiro atoms. The average Bonchev–Trinajstić information content (AvgIpc) is 2.15. The number of pyridine rings is 1. The summed E-state index contributed by atoms with van der Waals surface area (Å²) < 4.78 is 0. The summed E-state index contributed by atoms with van der Waals surface area (Å²) in [5, 5.41) is 8.80. The van der Waals surface area contributed by atoms with Crippen LogP contribution in [0.15, 0.2) is 18.3 Å². The second kappa shape index (κ2) is 4.81. The molecular weight excluding hydrogens is 170 g/mol. The Kier molecular flexibility index (Phi) is 3.65. The number of aromatic nitrogens is 1. The molecule has 1 N–H and O–H groups in total. The number of aliphatic hydroxyl groups is 1. The van der Waals surface area contributed by atoms with E-state index in [1.165, 1.54) is 0 Å². The van der Waals surface area contributed by atoms with Crippen LogP contribution < -0.4 is 0 Å². The van der Waals surface area contributed by atoms with E-state index < -0.39 is 0 Å². The summed E-state index contributed by atoms with van der Waals surface area (Å²) in [6, 6.07) is 3.52. The Hall–Kier alpha value is -0.980. The van der Waals surface area contributed by atoms with Gasteiger partial charge < -0.3 is 5.11 Å². The van der Waals surface area contributed by atoms with E-state index in [2.05, 4.69) is 29.5 Å². The summed E-state index contributed by atoms with van der Waals surface area (Å²) in [6.07, 6.45) is 1.63. The van der Waals surface area contributed by atoms with Crippen molar-refractivity contribution < 1.29 is 5.11 Å². The van der Waals surface area contributed by atoms with Crippen molar-refractivity contribution in [3.05, 3.63) is 29.6 Å². The SMILES string of the molecule is OCc1ccnc(C#CCS)c1. The van der Waals surface area contributed by atoms with Crippen LogP contribution in [0.1, 0.15) is 11.3 Å². The molecule has 1 rings (SSSR count). The van der Waals surface area contributed by atoms with Gasteiger partial charge in [-0.2, -0.15) is 12.6 Å². The van der Waals surface area contributed by atoms with Crippen LogP contribution in [0.25, 0.3) is 0 Å². The second-order valence-corrected chi connectivity index (χ2v) is 2.48. The molecule has 0 saturated carbocycles. The Labute approximate surface area is 77.1 Å². The normalized spacial score (nSPS) is 8.83. The highest BCUT2D eigenvalue weighted by molar-refractivity contribution is 7.80. The first-order chi connectivity index (χ1) is 5.86. The first-order valence-corrected chi connectivity index (χ1v) is 4.15. The van der Waals surface area contributed by atoms with Gasteiger partial charge in [-0.25, -0.2) is 4.98 Å². The van der Waals surface area contributed by atoms with E-state index in [1.807, 2.05) is 0 Å². The molecule has 62 valence electrons. The first-order valence-electron chi connectivity index (χ1n) is 3.52. The van der Waals surface area contributed by atoms with Gasteiger partial charge in [0.25, 0.3) is 0 Å². The largest absolute Gasteiger partial charge is 0.392 e. The van der Waals surface area contributed by atoms with Crippen LogP contribution in [0, 0.1) is 11.8 Å². The Morgan fingerprint density at radius 2 is 2.42 bits per heavy atom. The standard InChI is InChI=1S/C9H9NOS/c11-7-8-3-4-10-9(6-8)2-1-5-12/h3-4,6,11-12H,5,7H2. The van der Waals surface area contributed by atoms with Gasteiger partial charge in [-0.05, 0) is 23.6 Å². The predicted molar refractivity (Wildman–Crippen MR) is 50.9 cm³/mol. The minimum atomic E-state index is 0.0259. The monoisotopic (exact) mass is 179 g/mol. The molecule has 1 heterocycles. The van der Waals surface area contributed by atoms with Crippen LogP contribution in [0.3, 0.4) is 0 Å². The molecule has 12 heavy (non-hydrogen) atoms. The van der Waals surface area contributed by atoms with Crippen molar-refractivity contribution in [2.75, 3.05) is 5.75 Å². The highest BCUT2D eigenvalue weighted by Crippen LogP contribution is 1.99. The summed E-state index contributed by atoms with van der Waals surface area (Å²) in [7, 11) is 0. The van der Waals surface area contributed by atoms with Gasteiger partial charge in [-0.15, -0.1) is 0 Å². The van der Waals surface area contributed by atoms with Gasteiger partial charge in [0.1, 0.15) is 5.69 Å². The lowest BCUT2D eigenvalue weighted by atomic mass is 10.2. The van der Waals surface area contributed by atoms with E-state index in [9.17, 15) is 0 Å². The zero-order valence-corrected chi connectivity index (χ0v) is 7.38. The first kappa shape index (κ1) is 9.11. The zero-order valence-electron chi connectivity index (χ0n) is 6.49. The van der Waals surface area contributed by atoms with Gasteiger partial charge in [0.15, 0.2) is 0 Å². The van der Waals surface area contributed by atoms with E-state index in [1.54, 1.807) is 18.3 Å². The molecule has 0 aliphatic carbocycles. The van der Waals surface area contributed by atoms with Gasteiger partial charge in [-0.3, -0.25) is 0 Å². The number of nitrogens with zero attached hydrogens (tertiary/aromatic N) is 1. The smallest absolute Gasteiger partial charge is 0.113 e. The van der Waals surface area contributed by atoms with Gasteiger partial charge in [-0.1, -0.05) is 5.92 Å². The quantitative estimate of drug-likeness (QED) is 0.495. The van der Waals surface area contributed by atoms with Crippen LogP contribution in [0.4, 0.5) is 0 Å². The molecule has 0 aliphatic rings. The van der Waals surface area contributed by atoms with Crippen molar-refractivity contribution in [3.8, 4) is 11.8 Å². The molecule has 2 nitrogen and oxygen atoms in total. The van der Waals surface area contributed by atoms with E-state index in [0.717, 1.165) is 5.56 Å². The molecule has 0 aliphatic heterocycles. The maximum atomic E-state index is 8.80. The van der Waals surface area contributed by atoms with Crippen LogP contribution in [0.5, 0.6) is 0 Å². The fourth-order valence-corrected chi connectivity index (χ4v) is 0.850. The molecule has 0 atom stereocenters. The summed E-state index contributed by atoms with van der Waals surface area (Å²) in [5.74, 6) is 6.13. The molecule has 0 radical (unpaired) electrons. The lowest BCUT2D eigenvalue weighted by Gasteiger charge is -1.94. The maximum absolute atomic E-state index is 8.80. The molecule has 0 aromatic carbocycles. The minimum absolute atomic E-state index is 0.0259. The van der Waals surface area contributed by atoms with Gasteiger partial charge in [0.2, 0.25) is 0 Å². The number of thiol groups is 1. The molecule has 0 saturated heterocycles. The third-order valence-corrected chi connectivity index (χ3v) is 1.46. The Bertz CT molecular complexity index is 314. The number of aliphatic hydroxyl groups excluding tert-OH is 1.